The zero-order chi connectivity index (χ0) is 13.9. The number of hydrogen-bond acceptors (Lipinski definition) is 5. The van der Waals surface area contributed by atoms with Crippen LogP contribution in [0.4, 0.5) is 4.39 Å². The molecule has 0 aromatic carbocycles. The summed E-state index contributed by atoms with van der Waals surface area (Å²) in [6, 6.07) is 4.23. The van der Waals surface area contributed by atoms with E-state index in [1.807, 2.05) is 0 Å². The van der Waals surface area contributed by atoms with Crippen LogP contribution in [0.3, 0.4) is 0 Å². The van der Waals surface area contributed by atoms with Crippen LogP contribution in [-0.4, -0.2) is 19.9 Å². The van der Waals surface area contributed by atoms with Crippen LogP contribution < -0.4 is 10.3 Å². The van der Waals surface area contributed by atoms with E-state index >= 15 is 0 Å². The van der Waals surface area contributed by atoms with E-state index in [1.165, 1.54) is 30.7 Å². The van der Waals surface area contributed by atoms with E-state index in [1.54, 1.807) is 6.07 Å². The minimum absolute atomic E-state index is 0.0490. The van der Waals surface area contributed by atoms with Gasteiger partial charge in [0.15, 0.2) is 0 Å². The molecule has 0 radical (unpaired) electrons. The second kappa shape index (κ2) is 5.04. The number of aromatic amines is 1. The van der Waals surface area contributed by atoms with Crippen LogP contribution in [0.2, 0.25) is 0 Å². The molecule has 0 saturated heterocycles. The quantitative estimate of drug-likeness (QED) is 0.729. The number of ether oxygens (including phenoxy) is 1. The van der Waals surface area contributed by atoms with Crippen molar-refractivity contribution in [2.45, 2.75) is 6.61 Å². The molecule has 0 aliphatic carbocycles. The number of H-pyrrole nitrogens is 1. The molecule has 0 saturated carbocycles. The number of rotatable bonds is 3. The van der Waals surface area contributed by atoms with Crippen molar-refractivity contribution in [3.05, 3.63) is 58.9 Å². The number of hydrogen-bond donors (Lipinski definition) is 1. The number of fused-ring (bicyclic) bond motifs is 1. The predicted octanol–water partition coefficient (Wildman–Crippen LogP) is 1.43. The second-order valence-electron chi connectivity index (χ2n) is 4.01. The number of nitrogens with one attached hydrogen (secondary N) is 1. The van der Waals surface area contributed by atoms with Gasteiger partial charge in [0.25, 0.3) is 5.56 Å². The Morgan fingerprint density at radius 2 is 2.15 bits per heavy atom. The molecule has 3 rings (SSSR count). The molecule has 100 valence electrons. The third-order valence-corrected chi connectivity index (χ3v) is 2.63. The van der Waals surface area contributed by atoms with Gasteiger partial charge >= 0.3 is 0 Å². The van der Waals surface area contributed by atoms with Gasteiger partial charge in [-0.05, 0) is 18.2 Å². The molecular weight excluding hydrogens is 263 g/mol. The largest absolute Gasteiger partial charge is 0.484 e. The van der Waals surface area contributed by atoms with Crippen LogP contribution in [0.1, 0.15) is 5.82 Å². The summed E-state index contributed by atoms with van der Waals surface area (Å²) in [6.07, 6.45) is 4.29. The number of nitrogens with zero attached hydrogens (tertiary/aromatic N) is 3. The molecule has 0 atom stereocenters. The van der Waals surface area contributed by atoms with Crippen molar-refractivity contribution in [3.8, 4) is 5.75 Å². The molecule has 0 aliphatic rings. The SMILES string of the molecule is O=c1[nH]c(COc2ccc(F)nc2)nc2cnccc12. The summed E-state index contributed by atoms with van der Waals surface area (Å²) >= 11 is 0. The minimum atomic E-state index is -0.583. The molecule has 3 heterocycles. The first-order valence-electron chi connectivity index (χ1n) is 5.79. The number of aromatic nitrogens is 4. The molecule has 20 heavy (non-hydrogen) atoms. The van der Waals surface area contributed by atoms with Gasteiger partial charge in [-0.2, -0.15) is 4.39 Å². The lowest BCUT2D eigenvalue weighted by Crippen LogP contribution is -2.13. The molecule has 0 spiro atoms. The van der Waals surface area contributed by atoms with Crippen LogP contribution in [0.5, 0.6) is 5.75 Å². The zero-order valence-electron chi connectivity index (χ0n) is 10.2. The molecular formula is C13H9FN4O2. The van der Waals surface area contributed by atoms with Crippen LogP contribution in [0, 0.1) is 5.95 Å². The maximum Gasteiger partial charge on any atom is 0.258 e. The summed E-state index contributed by atoms with van der Waals surface area (Å²) in [5.74, 6) is 0.167. The predicted molar refractivity (Wildman–Crippen MR) is 68.7 cm³/mol. The van der Waals surface area contributed by atoms with Gasteiger partial charge in [0.05, 0.1) is 23.3 Å². The second-order valence-corrected chi connectivity index (χ2v) is 4.01. The van der Waals surface area contributed by atoms with Gasteiger partial charge in [-0.25, -0.2) is 9.97 Å². The summed E-state index contributed by atoms with van der Waals surface area (Å²) < 4.78 is 18.0. The van der Waals surface area contributed by atoms with Gasteiger partial charge < -0.3 is 9.72 Å². The van der Waals surface area contributed by atoms with E-state index in [-0.39, 0.29) is 12.2 Å². The Balaban J connectivity index is 1.84. The van der Waals surface area contributed by atoms with Crippen molar-refractivity contribution >= 4 is 10.9 Å². The molecule has 3 aromatic heterocycles. The van der Waals surface area contributed by atoms with E-state index in [2.05, 4.69) is 19.9 Å². The first-order chi connectivity index (χ1) is 9.72. The van der Waals surface area contributed by atoms with Gasteiger partial charge in [0, 0.05) is 6.20 Å². The summed E-state index contributed by atoms with van der Waals surface area (Å²) in [6.45, 7) is 0.0490. The molecule has 7 heteroatoms. The lowest BCUT2D eigenvalue weighted by Gasteiger charge is -2.05. The standard InChI is InChI=1S/C13H9FN4O2/c14-11-2-1-8(5-16-11)20-7-12-17-10-6-15-4-3-9(10)13(19)18-12/h1-6H,7H2,(H,17,18,19). The monoisotopic (exact) mass is 272 g/mol. The summed E-state index contributed by atoms with van der Waals surface area (Å²) in [5.41, 5.74) is 0.236. The van der Waals surface area contributed by atoms with Crippen LogP contribution in [0.15, 0.2) is 41.6 Å². The summed E-state index contributed by atoms with van der Waals surface area (Å²) in [4.78, 5) is 26.0. The van der Waals surface area contributed by atoms with Crippen molar-refractivity contribution in [2.75, 3.05) is 0 Å². The van der Waals surface area contributed by atoms with Gasteiger partial charge in [-0.1, -0.05) is 0 Å². The molecule has 0 unspecified atom stereocenters. The average Bonchev–Trinajstić information content (AvgIpc) is 2.47. The Labute approximate surface area is 112 Å². The molecule has 6 nitrogen and oxygen atoms in total. The normalized spacial score (nSPS) is 10.7. The third kappa shape index (κ3) is 2.46. The van der Waals surface area contributed by atoms with E-state index in [4.69, 9.17) is 4.74 Å². The molecule has 0 amide bonds. The van der Waals surface area contributed by atoms with Crippen molar-refractivity contribution < 1.29 is 9.13 Å². The van der Waals surface area contributed by atoms with Gasteiger partial charge in [-0.3, -0.25) is 9.78 Å². The number of halogens is 1. The van der Waals surface area contributed by atoms with Crippen molar-refractivity contribution in [1.82, 2.24) is 19.9 Å². The Bertz CT molecular complexity index is 801. The first kappa shape index (κ1) is 12.2. The van der Waals surface area contributed by atoms with E-state index < -0.39 is 5.95 Å². The molecule has 0 fully saturated rings. The topological polar surface area (TPSA) is 80.8 Å². The Hall–Kier alpha value is -2.83. The molecule has 0 aliphatic heterocycles. The average molecular weight is 272 g/mol. The highest BCUT2D eigenvalue weighted by Gasteiger charge is 2.04. The van der Waals surface area contributed by atoms with Crippen molar-refractivity contribution in [1.29, 1.82) is 0 Å². The highest BCUT2D eigenvalue weighted by molar-refractivity contribution is 5.75. The Morgan fingerprint density at radius 1 is 1.25 bits per heavy atom. The van der Waals surface area contributed by atoms with Crippen LogP contribution in [0.25, 0.3) is 10.9 Å². The van der Waals surface area contributed by atoms with Crippen LogP contribution >= 0.6 is 0 Å². The first-order valence-corrected chi connectivity index (χ1v) is 5.79. The third-order valence-electron chi connectivity index (χ3n) is 2.63. The van der Waals surface area contributed by atoms with Gasteiger partial charge in [0.1, 0.15) is 18.2 Å². The Morgan fingerprint density at radius 3 is 2.95 bits per heavy atom. The fourth-order valence-electron chi connectivity index (χ4n) is 1.71. The zero-order valence-corrected chi connectivity index (χ0v) is 10.2. The van der Waals surface area contributed by atoms with Crippen molar-refractivity contribution in [2.24, 2.45) is 0 Å². The smallest absolute Gasteiger partial charge is 0.258 e. The summed E-state index contributed by atoms with van der Waals surface area (Å²) in [5, 5.41) is 0.465. The fraction of sp³-hybridized carbons (Fsp3) is 0.0769. The summed E-state index contributed by atoms with van der Waals surface area (Å²) in [7, 11) is 0. The highest BCUT2D eigenvalue weighted by atomic mass is 19.1. The van der Waals surface area contributed by atoms with Crippen molar-refractivity contribution in [3.63, 3.8) is 0 Å². The molecule has 3 aromatic rings. The fourth-order valence-corrected chi connectivity index (χ4v) is 1.71. The lowest BCUT2D eigenvalue weighted by atomic mass is 10.3. The van der Waals surface area contributed by atoms with Gasteiger partial charge in [-0.15, -0.1) is 0 Å². The van der Waals surface area contributed by atoms with E-state index in [9.17, 15) is 9.18 Å². The minimum Gasteiger partial charge on any atom is -0.484 e. The Kier molecular flexibility index (Phi) is 3.08. The lowest BCUT2D eigenvalue weighted by molar-refractivity contribution is 0.294. The maximum atomic E-state index is 12.6. The number of pyridine rings is 2. The van der Waals surface area contributed by atoms with Crippen LogP contribution in [-0.2, 0) is 6.61 Å². The molecule has 0 bridgehead atoms. The van der Waals surface area contributed by atoms with E-state index in [0.29, 0.717) is 22.5 Å². The highest BCUT2D eigenvalue weighted by Crippen LogP contribution is 2.10. The maximum absolute atomic E-state index is 12.6. The van der Waals surface area contributed by atoms with Gasteiger partial charge in [0.2, 0.25) is 5.95 Å². The molecule has 1 N–H and O–H groups in total. The van der Waals surface area contributed by atoms with E-state index in [0.717, 1.165) is 0 Å².